The van der Waals surface area contributed by atoms with E-state index in [1.54, 1.807) is 0 Å². The third kappa shape index (κ3) is 4.18. The minimum absolute atomic E-state index is 0.00744. The lowest BCUT2D eigenvalue weighted by molar-refractivity contribution is -0.146. The molecule has 0 aromatic carbocycles. The predicted octanol–water partition coefficient (Wildman–Crippen LogP) is 4.30. The largest absolute Gasteiger partial charge is 0.408 e. The molecule has 27 heavy (non-hydrogen) atoms. The maximum absolute atomic E-state index is 13.5. The predicted molar refractivity (Wildman–Crippen MR) is 89.7 cm³/mol. The number of hydrogen-bond acceptors (Lipinski definition) is 5. The molecule has 146 valence electrons. The second kappa shape index (κ2) is 7.02. The fourth-order valence-corrected chi connectivity index (χ4v) is 3.68. The number of alkyl halides is 5. The van der Waals surface area contributed by atoms with Crippen LogP contribution in [0.1, 0.15) is 40.3 Å². The topological polar surface area (TPSA) is 80.9 Å². The summed E-state index contributed by atoms with van der Waals surface area (Å²) in [5, 5.41) is 2.19. The first kappa shape index (κ1) is 19.5. The van der Waals surface area contributed by atoms with Gasteiger partial charge in [-0.2, -0.15) is 13.2 Å². The number of primary amides is 1. The van der Waals surface area contributed by atoms with Crippen molar-refractivity contribution in [1.29, 1.82) is 0 Å². The molecule has 1 unspecified atom stereocenters. The number of thiazole rings is 1. The Kier molecular flexibility index (Phi) is 5.06. The molecular formula is C16H15F5N4OS. The van der Waals surface area contributed by atoms with Gasteiger partial charge in [-0.1, -0.05) is 0 Å². The zero-order valence-corrected chi connectivity index (χ0v) is 14.8. The zero-order chi connectivity index (χ0) is 19.9. The molecule has 0 aliphatic heterocycles. The van der Waals surface area contributed by atoms with Crippen molar-refractivity contribution in [1.82, 2.24) is 9.97 Å². The summed E-state index contributed by atoms with van der Waals surface area (Å²) in [6.45, 7) is 1.52. The summed E-state index contributed by atoms with van der Waals surface area (Å²) in [5.74, 6) is -1.65. The van der Waals surface area contributed by atoms with E-state index in [-0.39, 0.29) is 21.3 Å². The monoisotopic (exact) mass is 406 g/mol. The number of rotatable bonds is 6. The summed E-state index contributed by atoms with van der Waals surface area (Å²) in [6.07, 6.45) is -5.54. The van der Waals surface area contributed by atoms with E-state index in [2.05, 4.69) is 15.3 Å². The third-order valence-electron chi connectivity index (χ3n) is 4.17. The smallest absolute Gasteiger partial charge is 0.364 e. The van der Waals surface area contributed by atoms with Crippen molar-refractivity contribution < 1.29 is 26.7 Å². The van der Waals surface area contributed by atoms with Crippen LogP contribution >= 0.6 is 11.3 Å². The van der Waals surface area contributed by atoms with Crippen molar-refractivity contribution >= 4 is 23.1 Å². The molecule has 1 aliphatic carbocycles. The van der Waals surface area contributed by atoms with Gasteiger partial charge in [0.2, 0.25) is 0 Å². The van der Waals surface area contributed by atoms with Crippen molar-refractivity contribution in [3.8, 4) is 10.4 Å². The highest BCUT2D eigenvalue weighted by molar-refractivity contribution is 7.17. The van der Waals surface area contributed by atoms with Crippen LogP contribution < -0.4 is 11.1 Å². The molecule has 0 radical (unpaired) electrons. The molecule has 1 saturated carbocycles. The second-order valence-electron chi connectivity index (χ2n) is 6.26. The molecule has 2 aromatic heterocycles. The number of hydrogen-bond donors (Lipinski definition) is 2. The SMILES string of the molecule is Cc1nc(C(N)=O)sc1-c1cnc(NC(C2CC2)C(F)(F)F)cc1C(F)F. The Morgan fingerprint density at radius 3 is 2.52 bits per heavy atom. The van der Waals surface area contributed by atoms with Gasteiger partial charge in [0, 0.05) is 17.3 Å². The highest BCUT2D eigenvalue weighted by Gasteiger charge is 2.49. The van der Waals surface area contributed by atoms with E-state index in [0.29, 0.717) is 18.5 Å². The van der Waals surface area contributed by atoms with Gasteiger partial charge < -0.3 is 11.1 Å². The van der Waals surface area contributed by atoms with Crippen molar-refractivity contribution in [3.05, 3.63) is 28.5 Å². The number of nitrogens with two attached hydrogens (primary N) is 1. The lowest BCUT2D eigenvalue weighted by atomic mass is 10.1. The summed E-state index contributed by atoms with van der Waals surface area (Å²) >= 11 is 0.832. The number of carbonyl (C=O) groups excluding carboxylic acids is 1. The number of anilines is 1. The first-order valence-electron chi connectivity index (χ1n) is 7.97. The third-order valence-corrected chi connectivity index (χ3v) is 5.38. The highest BCUT2D eigenvalue weighted by Crippen LogP contribution is 2.42. The average molecular weight is 406 g/mol. The minimum atomic E-state index is -4.50. The summed E-state index contributed by atoms with van der Waals surface area (Å²) in [4.78, 5) is 19.3. The Labute approximate surface area is 154 Å². The summed E-state index contributed by atoms with van der Waals surface area (Å²) < 4.78 is 66.5. The number of carbonyl (C=O) groups is 1. The molecule has 2 aromatic rings. The zero-order valence-electron chi connectivity index (χ0n) is 14.0. The number of nitrogens with zero attached hydrogens (tertiary/aromatic N) is 2. The summed E-state index contributed by atoms with van der Waals surface area (Å²) in [5.41, 5.74) is 4.98. The van der Waals surface area contributed by atoms with Crippen LogP contribution in [0.3, 0.4) is 0 Å². The molecule has 0 bridgehead atoms. The average Bonchev–Trinajstić information content (AvgIpc) is 3.32. The molecule has 1 amide bonds. The summed E-state index contributed by atoms with van der Waals surface area (Å²) in [6, 6.07) is -0.919. The van der Waals surface area contributed by atoms with Gasteiger partial charge in [0.05, 0.1) is 10.6 Å². The van der Waals surface area contributed by atoms with Gasteiger partial charge in [0.15, 0.2) is 5.01 Å². The Morgan fingerprint density at radius 2 is 2.04 bits per heavy atom. The van der Waals surface area contributed by atoms with Crippen molar-refractivity contribution in [3.63, 3.8) is 0 Å². The van der Waals surface area contributed by atoms with Crippen LogP contribution in [-0.2, 0) is 0 Å². The molecule has 0 spiro atoms. The van der Waals surface area contributed by atoms with Crippen LogP contribution in [0.25, 0.3) is 10.4 Å². The van der Waals surface area contributed by atoms with Crippen molar-refractivity contribution in [2.75, 3.05) is 5.32 Å². The van der Waals surface area contributed by atoms with E-state index < -0.39 is 36.0 Å². The van der Waals surface area contributed by atoms with E-state index in [0.717, 1.165) is 23.6 Å². The number of nitrogens with one attached hydrogen (secondary N) is 1. The van der Waals surface area contributed by atoms with Crippen LogP contribution in [0.15, 0.2) is 12.3 Å². The maximum Gasteiger partial charge on any atom is 0.408 e. The van der Waals surface area contributed by atoms with E-state index >= 15 is 0 Å². The molecular weight excluding hydrogens is 391 g/mol. The van der Waals surface area contributed by atoms with Crippen LogP contribution in [0, 0.1) is 12.8 Å². The molecule has 1 aliphatic rings. The van der Waals surface area contributed by atoms with Crippen LogP contribution in [-0.4, -0.2) is 28.1 Å². The first-order valence-corrected chi connectivity index (χ1v) is 8.78. The van der Waals surface area contributed by atoms with Gasteiger partial charge in [0.1, 0.15) is 11.9 Å². The second-order valence-corrected chi connectivity index (χ2v) is 7.26. The fraction of sp³-hybridized carbons (Fsp3) is 0.438. The molecule has 1 atom stereocenters. The van der Waals surface area contributed by atoms with Crippen molar-refractivity contribution in [2.24, 2.45) is 11.7 Å². The van der Waals surface area contributed by atoms with Gasteiger partial charge in [-0.15, -0.1) is 11.3 Å². The van der Waals surface area contributed by atoms with Gasteiger partial charge in [-0.05, 0) is 31.7 Å². The number of aryl methyl sites for hydroxylation is 1. The first-order chi connectivity index (χ1) is 12.6. The molecule has 11 heteroatoms. The standard InChI is InChI=1S/C16H15F5N4OS/c1-6-11(27-15(24-6)14(22)26)9-5-23-10(4-8(9)13(17)18)25-12(7-2-3-7)16(19,20)21/h4-5,7,12-13H,2-3H2,1H3,(H2,22,26)(H,23,25). The van der Waals surface area contributed by atoms with Crippen LogP contribution in [0.4, 0.5) is 27.8 Å². The fourth-order valence-electron chi connectivity index (χ4n) is 2.73. The molecule has 0 saturated heterocycles. The van der Waals surface area contributed by atoms with Gasteiger partial charge in [-0.3, -0.25) is 4.79 Å². The minimum Gasteiger partial charge on any atom is -0.364 e. The van der Waals surface area contributed by atoms with E-state index in [1.165, 1.54) is 6.92 Å². The molecule has 5 nitrogen and oxygen atoms in total. The Bertz CT molecular complexity index is 863. The quantitative estimate of drug-likeness (QED) is 0.701. The number of aromatic nitrogens is 2. The number of amides is 1. The molecule has 2 heterocycles. The number of halogens is 5. The van der Waals surface area contributed by atoms with Gasteiger partial charge in [0.25, 0.3) is 12.3 Å². The van der Waals surface area contributed by atoms with E-state index in [1.807, 2.05) is 0 Å². The van der Waals surface area contributed by atoms with E-state index in [9.17, 15) is 26.7 Å². The van der Waals surface area contributed by atoms with E-state index in [4.69, 9.17) is 5.73 Å². The van der Waals surface area contributed by atoms with Crippen LogP contribution in [0.5, 0.6) is 0 Å². The molecule has 1 fully saturated rings. The van der Waals surface area contributed by atoms with Crippen molar-refractivity contribution in [2.45, 2.75) is 38.4 Å². The Balaban J connectivity index is 1.97. The maximum atomic E-state index is 13.5. The molecule has 3 rings (SSSR count). The van der Waals surface area contributed by atoms with Gasteiger partial charge >= 0.3 is 6.18 Å². The van der Waals surface area contributed by atoms with Gasteiger partial charge in [-0.25, -0.2) is 18.7 Å². The lowest BCUT2D eigenvalue weighted by Gasteiger charge is -2.22. The Morgan fingerprint density at radius 1 is 1.37 bits per heavy atom. The van der Waals surface area contributed by atoms with Crippen LogP contribution in [0.2, 0.25) is 0 Å². The lowest BCUT2D eigenvalue weighted by Crippen LogP contribution is -2.38. The summed E-state index contributed by atoms with van der Waals surface area (Å²) in [7, 11) is 0. The Hall–Kier alpha value is -2.30. The highest BCUT2D eigenvalue weighted by atomic mass is 32.1. The molecule has 3 N–H and O–H groups in total. The normalized spacial score (nSPS) is 15.8. The number of pyridine rings is 1.